The summed E-state index contributed by atoms with van der Waals surface area (Å²) in [6, 6.07) is 27.1. The van der Waals surface area contributed by atoms with Gasteiger partial charge in [0.15, 0.2) is 0 Å². The summed E-state index contributed by atoms with van der Waals surface area (Å²) in [5, 5.41) is 0.566. The van der Waals surface area contributed by atoms with Crippen LogP contribution < -0.4 is 8.92 Å². The number of benzene rings is 4. The van der Waals surface area contributed by atoms with Crippen LogP contribution in [0.25, 0.3) is 22.3 Å². The normalized spacial score (nSPS) is 11.3. The Kier molecular flexibility index (Phi) is 6.96. The van der Waals surface area contributed by atoms with Gasteiger partial charge in [-0.1, -0.05) is 72.3 Å². The smallest absolute Gasteiger partial charge is 0.306 e. The molecule has 174 valence electrons. The minimum Gasteiger partial charge on any atom is -0.487 e. The van der Waals surface area contributed by atoms with Crippen molar-refractivity contribution >= 4 is 21.7 Å². The minimum absolute atomic E-state index is 0.293. The first-order valence-corrected chi connectivity index (χ1v) is 13.0. The Morgan fingerprint density at radius 1 is 0.765 bits per heavy atom. The van der Waals surface area contributed by atoms with E-state index in [4.69, 9.17) is 20.5 Å². The molecule has 0 heterocycles. The molecule has 0 atom stereocenters. The number of hydrogen-bond donors (Lipinski definition) is 0. The van der Waals surface area contributed by atoms with Crippen molar-refractivity contribution in [3.63, 3.8) is 0 Å². The molecule has 0 aliphatic carbocycles. The Morgan fingerprint density at radius 3 is 1.94 bits per heavy atom. The van der Waals surface area contributed by atoms with Crippen LogP contribution in [0.4, 0.5) is 0 Å². The molecule has 0 amide bonds. The van der Waals surface area contributed by atoms with Crippen molar-refractivity contribution in [2.45, 2.75) is 20.5 Å². The summed E-state index contributed by atoms with van der Waals surface area (Å²) in [5.41, 5.74) is 7.44. The Bertz CT molecular complexity index is 1410. The molecule has 0 saturated heterocycles. The van der Waals surface area contributed by atoms with Crippen LogP contribution in [-0.4, -0.2) is 14.7 Å². The Labute approximate surface area is 205 Å². The van der Waals surface area contributed by atoms with E-state index in [1.807, 2.05) is 60.7 Å². The Balaban J connectivity index is 1.56. The first kappa shape index (κ1) is 23.9. The van der Waals surface area contributed by atoms with Crippen molar-refractivity contribution in [3.05, 3.63) is 107 Å². The molecule has 0 aliphatic heterocycles. The maximum Gasteiger partial charge on any atom is 0.306 e. The molecule has 0 saturated carbocycles. The van der Waals surface area contributed by atoms with Crippen LogP contribution in [0.2, 0.25) is 5.02 Å². The van der Waals surface area contributed by atoms with Gasteiger partial charge in [-0.3, -0.25) is 0 Å². The molecule has 0 fully saturated rings. The molecule has 6 heteroatoms. The van der Waals surface area contributed by atoms with Gasteiger partial charge in [-0.25, -0.2) is 0 Å². The highest BCUT2D eigenvalue weighted by molar-refractivity contribution is 7.86. The first-order chi connectivity index (χ1) is 16.2. The fraction of sp³-hybridized carbons (Fsp3) is 0.143. The van der Waals surface area contributed by atoms with Crippen molar-refractivity contribution in [2.75, 3.05) is 6.26 Å². The molecule has 0 radical (unpaired) electrons. The summed E-state index contributed by atoms with van der Waals surface area (Å²) in [6.45, 7) is 4.58. The van der Waals surface area contributed by atoms with Crippen molar-refractivity contribution in [1.29, 1.82) is 0 Å². The number of halogens is 1. The predicted octanol–water partition coefficient (Wildman–Crippen LogP) is 7.21. The number of ether oxygens (including phenoxy) is 1. The van der Waals surface area contributed by atoms with Gasteiger partial charge in [0.1, 0.15) is 18.1 Å². The van der Waals surface area contributed by atoms with E-state index in [1.54, 1.807) is 12.1 Å². The van der Waals surface area contributed by atoms with Crippen LogP contribution in [0.3, 0.4) is 0 Å². The maximum atomic E-state index is 11.3. The molecule has 0 aliphatic rings. The van der Waals surface area contributed by atoms with Crippen LogP contribution >= 0.6 is 11.6 Å². The van der Waals surface area contributed by atoms with E-state index in [1.165, 1.54) is 0 Å². The summed E-state index contributed by atoms with van der Waals surface area (Å²) in [7, 11) is -3.55. The number of hydrogen-bond acceptors (Lipinski definition) is 4. The lowest BCUT2D eigenvalue weighted by molar-refractivity contribution is 0.306. The van der Waals surface area contributed by atoms with E-state index in [2.05, 4.69) is 26.0 Å². The third-order valence-electron chi connectivity index (χ3n) is 5.46. The summed E-state index contributed by atoms with van der Waals surface area (Å²) in [6.07, 6.45) is 1.03. The van der Waals surface area contributed by atoms with E-state index >= 15 is 0 Å². The molecule has 4 nitrogen and oxygen atoms in total. The van der Waals surface area contributed by atoms with Crippen LogP contribution in [0, 0.1) is 13.8 Å². The zero-order chi connectivity index (χ0) is 24.3. The van der Waals surface area contributed by atoms with Crippen molar-refractivity contribution in [2.24, 2.45) is 0 Å². The minimum atomic E-state index is -3.55. The van der Waals surface area contributed by atoms with Gasteiger partial charge < -0.3 is 8.92 Å². The summed E-state index contributed by atoms with van der Waals surface area (Å²) < 4.78 is 33.5. The molecule has 0 N–H and O–H groups in total. The van der Waals surface area contributed by atoms with Crippen LogP contribution in [0.1, 0.15) is 16.7 Å². The standard InChI is InChI=1S/C28H25ClO4S/c1-19-16-26(20(2)15-25(19)22-9-12-24(13-10-22)33-34(3,30)31)23-11-14-28(27(29)17-23)32-18-21-7-5-4-6-8-21/h4-17H,18H2,1-3H3. The number of rotatable bonds is 7. The highest BCUT2D eigenvalue weighted by Crippen LogP contribution is 2.36. The van der Waals surface area contributed by atoms with Gasteiger partial charge in [0.05, 0.1) is 11.3 Å². The second-order valence-electron chi connectivity index (χ2n) is 8.21. The van der Waals surface area contributed by atoms with E-state index in [9.17, 15) is 8.42 Å². The van der Waals surface area contributed by atoms with Gasteiger partial charge in [0.25, 0.3) is 0 Å². The SMILES string of the molecule is Cc1cc(-c2ccc(OCc3ccccc3)c(Cl)c2)c(C)cc1-c1ccc(OS(C)(=O)=O)cc1. The fourth-order valence-corrected chi connectivity index (χ4v) is 4.52. The van der Waals surface area contributed by atoms with Crippen molar-refractivity contribution < 1.29 is 17.3 Å². The third-order valence-corrected chi connectivity index (χ3v) is 6.25. The van der Waals surface area contributed by atoms with Gasteiger partial charge in [-0.05, 0) is 77.1 Å². The molecular formula is C28H25ClO4S. The van der Waals surface area contributed by atoms with Gasteiger partial charge in [-0.15, -0.1) is 0 Å². The van der Waals surface area contributed by atoms with Crippen LogP contribution in [-0.2, 0) is 16.7 Å². The van der Waals surface area contributed by atoms with Crippen molar-refractivity contribution in [3.8, 4) is 33.8 Å². The fourth-order valence-electron chi connectivity index (χ4n) is 3.82. The predicted molar refractivity (Wildman–Crippen MR) is 138 cm³/mol. The molecule has 0 spiro atoms. The molecule has 4 rings (SSSR count). The highest BCUT2D eigenvalue weighted by atomic mass is 35.5. The molecule has 0 aromatic heterocycles. The summed E-state index contributed by atoms with van der Waals surface area (Å²) >= 11 is 6.55. The second-order valence-corrected chi connectivity index (χ2v) is 10.2. The zero-order valence-corrected chi connectivity index (χ0v) is 20.8. The van der Waals surface area contributed by atoms with Gasteiger partial charge >= 0.3 is 10.1 Å². The molecule has 4 aromatic carbocycles. The molecular weight excluding hydrogens is 468 g/mol. The van der Waals surface area contributed by atoms with Crippen molar-refractivity contribution in [1.82, 2.24) is 0 Å². The van der Waals surface area contributed by atoms with E-state index in [0.29, 0.717) is 23.1 Å². The lowest BCUT2D eigenvalue weighted by Gasteiger charge is -2.15. The maximum absolute atomic E-state index is 11.3. The van der Waals surface area contributed by atoms with E-state index in [0.717, 1.165) is 45.2 Å². The third kappa shape index (κ3) is 5.79. The Hall–Kier alpha value is -3.28. The monoisotopic (exact) mass is 492 g/mol. The van der Waals surface area contributed by atoms with Gasteiger partial charge in [0.2, 0.25) is 0 Å². The van der Waals surface area contributed by atoms with Gasteiger partial charge in [0, 0.05) is 0 Å². The summed E-state index contributed by atoms with van der Waals surface area (Å²) in [5.74, 6) is 0.943. The number of aryl methyl sites for hydroxylation is 2. The molecule has 0 unspecified atom stereocenters. The second kappa shape index (κ2) is 9.92. The average Bonchev–Trinajstić information content (AvgIpc) is 2.80. The van der Waals surface area contributed by atoms with Crippen LogP contribution in [0.5, 0.6) is 11.5 Å². The molecule has 34 heavy (non-hydrogen) atoms. The lowest BCUT2D eigenvalue weighted by Crippen LogP contribution is -2.05. The summed E-state index contributed by atoms with van der Waals surface area (Å²) in [4.78, 5) is 0. The quantitative estimate of drug-likeness (QED) is 0.256. The zero-order valence-electron chi connectivity index (χ0n) is 19.2. The van der Waals surface area contributed by atoms with Gasteiger partial charge in [-0.2, -0.15) is 8.42 Å². The average molecular weight is 493 g/mol. The van der Waals surface area contributed by atoms with E-state index < -0.39 is 10.1 Å². The Morgan fingerprint density at radius 2 is 1.35 bits per heavy atom. The molecule has 4 aromatic rings. The largest absolute Gasteiger partial charge is 0.487 e. The van der Waals surface area contributed by atoms with E-state index in [-0.39, 0.29) is 0 Å². The highest BCUT2D eigenvalue weighted by Gasteiger charge is 2.12. The lowest BCUT2D eigenvalue weighted by atomic mass is 9.92. The molecule has 0 bridgehead atoms. The first-order valence-electron chi connectivity index (χ1n) is 10.8. The topological polar surface area (TPSA) is 52.6 Å². The van der Waals surface area contributed by atoms with Crippen LogP contribution in [0.15, 0.2) is 84.9 Å².